The lowest BCUT2D eigenvalue weighted by Crippen LogP contribution is -1.88. The zero-order chi connectivity index (χ0) is 15.6. The molecule has 1 N–H and O–H groups in total. The SMILES string of the molecule is COc1ccccc1-c1nc2c(-c3ccccc3)cccc2[nH]1. The lowest BCUT2D eigenvalue weighted by Gasteiger charge is -2.04. The number of hydrogen-bond acceptors (Lipinski definition) is 2. The molecule has 23 heavy (non-hydrogen) atoms. The highest BCUT2D eigenvalue weighted by molar-refractivity contribution is 5.93. The first-order valence-electron chi connectivity index (χ1n) is 7.54. The van der Waals surface area contributed by atoms with Crippen molar-refractivity contribution in [3.05, 3.63) is 72.8 Å². The Hall–Kier alpha value is -3.07. The van der Waals surface area contributed by atoms with Crippen LogP contribution in [0.2, 0.25) is 0 Å². The molecule has 0 aliphatic carbocycles. The van der Waals surface area contributed by atoms with Crippen LogP contribution >= 0.6 is 0 Å². The van der Waals surface area contributed by atoms with E-state index in [1.165, 1.54) is 0 Å². The Morgan fingerprint density at radius 2 is 1.52 bits per heavy atom. The van der Waals surface area contributed by atoms with E-state index in [0.717, 1.165) is 39.3 Å². The predicted molar refractivity (Wildman–Crippen MR) is 93.5 cm³/mol. The zero-order valence-corrected chi connectivity index (χ0v) is 12.8. The smallest absolute Gasteiger partial charge is 0.142 e. The molecule has 0 unspecified atom stereocenters. The van der Waals surface area contributed by atoms with Crippen molar-refractivity contribution in [2.75, 3.05) is 7.11 Å². The molecule has 0 saturated carbocycles. The molecule has 0 atom stereocenters. The van der Waals surface area contributed by atoms with Crippen LogP contribution in [0.5, 0.6) is 5.75 Å². The molecule has 4 aromatic rings. The summed E-state index contributed by atoms with van der Waals surface area (Å²) >= 11 is 0. The van der Waals surface area contributed by atoms with Crippen LogP contribution in [-0.4, -0.2) is 17.1 Å². The number of H-pyrrole nitrogens is 1. The molecule has 1 aromatic heterocycles. The van der Waals surface area contributed by atoms with E-state index in [9.17, 15) is 0 Å². The summed E-state index contributed by atoms with van der Waals surface area (Å²) in [6, 6.07) is 24.4. The second kappa shape index (κ2) is 5.61. The van der Waals surface area contributed by atoms with E-state index in [-0.39, 0.29) is 0 Å². The Morgan fingerprint density at radius 1 is 0.783 bits per heavy atom. The number of methoxy groups -OCH3 is 1. The highest BCUT2D eigenvalue weighted by Gasteiger charge is 2.12. The molecule has 1 heterocycles. The maximum absolute atomic E-state index is 5.45. The summed E-state index contributed by atoms with van der Waals surface area (Å²) in [7, 11) is 1.68. The number of aromatic nitrogens is 2. The van der Waals surface area contributed by atoms with Crippen LogP contribution in [0.15, 0.2) is 72.8 Å². The van der Waals surface area contributed by atoms with E-state index >= 15 is 0 Å². The third-order valence-corrected chi connectivity index (χ3v) is 3.96. The summed E-state index contributed by atoms with van der Waals surface area (Å²) in [5.41, 5.74) is 5.24. The van der Waals surface area contributed by atoms with Crippen molar-refractivity contribution < 1.29 is 4.74 Å². The Morgan fingerprint density at radius 3 is 2.35 bits per heavy atom. The van der Waals surface area contributed by atoms with Crippen molar-refractivity contribution in [2.45, 2.75) is 0 Å². The predicted octanol–water partition coefficient (Wildman–Crippen LogP) is 4.91. The molecule has 0 fully saturated rings. The number of rotatable bonds is 3. The van der Waals surface area contributed by atoms with Crippen LogP contribution in [0.25, 0.3) is 33.5 Å². The van der Waals surface area contributed by atoms with Crippen LogP contribution < -0.4 is 4.74 Å². The first-order valence-corrected chi connectivity index (χ1v) is 7.54. The van der Waals surface area contributed by atoms with E-state index in [4.69, 9.17) is 9.72 Å². The van der Waals surface area contributed by atoms with Gasteiger partial charge in [0, 0.05) is 5.56 Å². The molecule has 0 amide bonds. The molecule has 0 spiro atoms. The van der Waals surface area contributed by atoms with Crippen molar-refractivity contribution in [3.63, 3.8) is 0 Å². The average molecular weight is 300 g/mol. The minimum atomic E-state index is 0.813. The number of para-hydroxylation sites is 2. The van der Waals surface area contributed by atoms with Gasteiger partial charge in [0.15, 0.2) is 0 Å². The monoisotopic (exact) mass is 300 g/mol. The molecular formula is C20H16N2O. The third-order valence-electron chi connectivity index (χ3n) is 3.96. The summed E-state index contributed by atoms with van der Waals surface area (Å²) in [5.74, 6) is 1.63. The van der Waals surface area contributed by atoms with Gasteiger partial charge < -0.3 is 9.72 Å². The second-order valence-corrected chi connectivity index (χ2v) is 5.35. The van der Waals surface area contributed by atoms with Gasteiger partial charge in [-0.15, -0.1) is 0 Å². The minimum Gasteiger partial charge on any atom is -0.496 e. The van der Waals surface area contributed by atoms with Gasteiger partial charge in [-0.1, -0.05) is 54.6 Å². The Balaban J connectivity index is 1.92. The van der Waals surface area contributed by atoms with Gasteiger partial charge in [-0.2, -0.15) is 0 Å². The number of imidazole rings is 1. The van der Waals surface area contributed by atoms with E-state index in [0.29, 0.717) is 0 Å². The average Bonchev–Trinajstić information content (AvgIpc) is 3.06. The van der Waals surface area contributed by atoms with Gasteiger partial charge >= 0.3 is 0 Å². The number of ether oxygens (including phenoxy) is 1. The van der Waals surface area contributed by atoms with Gasteiger partial charge in [0.05, 0.1) is 23.7 Å². The lowest BCUT2D eigenvalue weighted by molar-refractivity contribution is 0.416. The Kier molecular flexibility index (Phi) is 3.31. The van der Waals surface area contributed by atoms with Gasteiger partial charge in [0.25, 0.3) is 0 Å². The van der Waals surface area contributed by atoms with Crippen LogP contribution in [0.4, 0.5) is 0 Å². The Labute approximate surface area is 134 Å². The molecule has 0 bridgehead atoms. The van der Waals surface area contributed by atoms with Crippen LogP contribution in [0, 0.1) is 0 Å². The van der Waals surface area contributed by atoms with E-state index in [2.05, 4.69) is 29.2 Å². The standard InChI is InChI=1S/C20H16N2O/c1-23-18-13-6-5-10-16(18)20-21-17-12-7-11-15(19(17)22-20)14-8-3-2-4-9-14/h2-13H,1H3,(H,21,22). The topological polar surface area (TPSA) is 37.9 Å². The zero-order valence-electron chi connectivity index (χ0n) is 12.8. The van der Waals surface area contributed by atoms with Crippen LogP contribution in [0.3, 0.4) is 0 Å². The van der Waals surface area contributed by atoms with Crippen molar-refractivity contribution in [1.82, 2.24) is 9.97 Å². The summed E-state index contributed by atoms with van der Waals surface area (Å²) in [6.07, 6.45) is 0. The molecule has 112 valence electrons. The van der Waals surface area contributed by atoms with Crippen LogP contribution in [-0.2, 0) is 0 Å². The Bertz CT molecular complexity index is 958. The molecule has 3 heteroatoms. The first-order chi connectivity index (χ1) is 11.4. The van der Waals surface area contributed by atoms with Gasteiger partial charge in [0.2, 0.25) is 0 Å². The molecule has 3 aromatic carbocycles. The normalized spacial score (nSPS) is 10.8. The molecule has 0 aliphatic rings. The van der Waals surface area contributed by atoms with Crippen molar-refractivity contribution in [1.29, 1.82) is 0 Å². The summed E-state index contributed by atoms with van der Waals surface area (Å²) in [5, 5.41) is 0. The number of fused-ring (bicyclic) bond motifs is 1. The number of benzene rings is 3. The maximum atomic E-state index is 5.45. The maximum Gasteiger partial charge on any atom is 0.142 e. The van der Waals surface area contributed by atoms with E-state index < -0.39 is 0 Å². The van der Waals surface area contributed by atoms with Crippen molar-refractivity contribution >= 4 is 11.0 Å². The molecule has 0 saturated heterocycles. The van der Waals surface area contributed by atoms with E-state index in [1.54, 1.807) is 7.11 Å². The summed E-state index contributed by atoms with van der Waals surface area (Å²) in [4.78, 5) is 8.24. The molecular weight excluding hydrogens is 284 g/mol. The van der Waals surface area contributed by atoms with Crippen molar-refractivity contribution in [2.24, 2.45) is 0 Å². The van der Waals surface area contributed by atoms with Gasteiger partial charge in [-0.25, -0.2) is 4.98 Å². The van der Waals surface area contributed by atoms with Crippen LogP contribution in [0.1, 0.15) is 0 Å². The van der Waals surface area contributed by atoms with Crippen molar-refractivity contribution in [3.8, 4) is 28.3 Å². The number of hydrogen-bond donors (Lipinski definition) is 1. The number of aromatic amines is 1. The fourth-order valence-corrected chi connectivity index (χ4v) is 2.85. The largest absolute Gasteiger partial charge is 0.496 e. The second-order valence-electron chi connectivity index (χ2n) is 5.35. The fraction of sp³-hybridized carbons (Fsp3) is 0.0500. The molecule has 0 aliphatic heterocycles. The highest BCUT2D eigenvalue weighted by atomic mass is 16.5. The molecule has 4 rings (SSSR count). The lowest BCUT2D eigenvalue weighted by atomic mass is 10.0. The first kappa shape index (κ1) is 13.6. The number of nitrogens with zero attached hydrogens (tertiary/aromatic N) is 1. The number of nitrogens with one attached hydrogen (secondary N) is 1. The van der Waals surface area contributed by atoms with Gasteiger partial charge in [-0.05, 0) is 23.8 Å². The highest BCUT2D eigenvalue weighted by Crippen LogP contribution is 2.32. The summed E-state index contributed by atoms with van der Waals surface area (Å²) in [6.45, 7) is 0. The molecule has 0 radical (unpaired) electrons. The minimum absolute atomic E-state index is 0.813. The third kappa shape index (κ3) is 2.36. The molecule has 3 nitrogen and oxygen atoms in total. The van der Waals surface area contributed by atoms with Gasteiger partial charge in [0.1, 0.15) is 11.6 Å². The van der Waals surface area contributed by atoms with Gasteiger partial charge in [-0.3, -0.25) is 0 Å². The van der Waals surface area contributed by atoms with E-state index in [1.807, 2.05) is 48.5 Å². The quantitative estimate of drug-likeness (QED) is 0.584. The fourth-order valence-electron chi connectivity index (χ4n) is 2.85. The summed E-state index contributed by atoms with van der Waals surface area (Å²) < 4.78 is 5.45.